The summed E-state index contributed by atoms with van der Waals surface area (Å²) >= 11 is 6.46. The van der Waals surface area contributed by atoms with Gasteiger partial charge in [-0.25, -0.2) is 9.67 Å². The number of rotatable bonds is 9. The molecule has 0 unspecified atom stereocenters. The van der Waals surface area contributed by atoms with Crippen molar-refractivity contribution in [3.8, 4) is 11.3 Å². The van der Waals surface area contributed by atoms with E-state index in [0.29, 0.717) is 28.4 Å². The molecule has 11 heteroatoms. The molecule has 10 nitrogen and oxygen atoms in total. The van der Waals surface area contributed by atoms with Gasteiger partial charge in [0.15, 0.2) is 5.65 Å². The minimum atomic E-state index is -0.673. The number of fused-ring (bicyclic) bond motifs is 2. The van der Waals surface area contributed by atoms with Gasteiger partial charge in [-0.05, 0) is 55.0 Å². The van der Waals surface area contributed by atoms with Gasteiger partial charge < -0.3 is 10.5 Å². The van der Waals surface area contributed by atoms with Crippen molar-refractivity contribution in [1.29, 1.82) is 0 Å². The summed E-state index contributed by atoms with van der Waals surface area (Å²) in [5, 5.41) is 10.1. The molecule has 2 aromatic carbocycles. The highest BCUT2D eigenvalue weighted by Crippen LogP contribution is 2.29. The summed E-state index contributed by atoms with van der Waals surface area (Å²) in [4.78, 5) is 25.9. The number of esters is 1. The molecule has 5 aromatic rings. The largest absolute Gasteiger partial charge is 0.462 e. The number of benzene rings is 2. The van der Waals surface area contributed by atoms with Gasteiger partial charge in [0.1, 0.15) is 24.8 Å². The highest BCUT2D eigenvalue weighted by Gasteiger charge is 2.12. The molecule has 0 aliphatic heterocycles. The Bertz CT molecular complexity index is 1570. The fourth-order valence-corrected chi connectivity index (χ4v) is 3.94. The quantitative estimate of drug-likeness (QED) is 0.169. The lowest BCUT2D eigenvalue weighted by atomic mass is 10.1. The zero-order chi connectivity index (χ0) is 25.8. The maximum atomic E-state index is 11.4. The Morgan fingerprint density at radius 2 is 1.97 bits per heavy atom. The summed E-state index contributed by atoms with van der Waals surface area (Å²) in [6, 6.07) is 18.6. The van der Waals surface area contributed by atoms with E-state index in [4.69, 9.17) is 31.9 Å². The number of anilines is 1. The Morgan fingerprint density at radius 1 is 1.11 bits per heavy atom. The summed E-state index contributed by atoms with van der Waals surface area (Å²) in [6.07, 6.45) is 1.78. The van der Waals surface area contributed by atoms with Crippen LogP contribution in [0.5, 0.6) is 0 Å². The van der Waals surface area contributed by atoms with Gasteiger partial charge in [0, 0.05) is 17.1 Å². The maximum Gasteiger partial charge on any atom is 0.322 e. The van der Waals surface area contributed by atoms with Gasteiger partial charge in [-0.3, -0.25) is 20.1 Å². The lowest BCUT2D eigenvalue weighted by molar-refractivity contribution is -0.146. The SMILES string of the molecule is C[C@H](N)C(=O)OCCONc1ccc(-c2ccc3nnn(Cc4ccc5ncccc5c4)c3n2)cc1Cl. The summed E-state index contributed by atoms with van der Waals surface area (Å²) in [5.74, 6) is -0.485. The predicted octanol–water partition coefficient (Wildman–Crippen LogP) is 3.98. The number of carbonyl (C=O) groups is 1. The van der Waals surface area contributed by atoms with Crippen molar-refractivity contribution in [3.63, 3.8) is 0 Å². The van der Waals surface area contributed by atoms with Crippen molar-refractivity contribution >= 4 is 45.3 Å². The number of hydrogen-bond acceptors (Lipinski definition) is 9. The normalized spacial score (nSPS) is 12.1. The van der Waals surface area contributed by atoms with E-state index in [-0.39, 0.29) is 13.2 Å². The van der Waals surface area contributed by atoms with E-state index < -0.39 is 12.0 Å². The zero-order valence-corrected chi connectivity index (χ0v) is 20.7. The third-order valence-corrected chi connectivity index (χ3v) is 5.92. The molecule has 0 saturated carbocycles. The molecule has 37 heavy (non-hydrogen) atoms. The van der Waals surface area contributed by atoms with Crippen molar-refractivity contribution < 1.29 is 14.4 Å². The van der Waals surface area contributed by atoms with Crippen molar-refractivity contribution in [1.82, 2.24) is 25.0 Å². The average molecular weight is 518 g/mol. The van der Waals surface area contributed by atoms with Gasteiger partial charge in [0.05, 0.1) is 28.5 Å². The van der Waals surface area contributed by atoms with Crippen LogP contribution in [0.1, 0.15) is 12.5 Å². The number of carbonyl (C=O) groups excluding carboxylic acids is 1. The maximum absolute atomic E-state index is 11.4. The number of ether oxygens (including phenoxy) is 1. The van der Waals surface area contributed by atoms with Crippen LogP contribution in [-0.2, 0) is 20.9 Å². The second kappa shape index (κ2) is 10.9. The molecule has 0 radical (unpaired) electrons. The fourth-order valence-electron chi connectivity index (χ4n) is 3.72. The van der Waals surface area contributed by atoms with Crippen LogP contribution >= 0.6 is 11.6 Å². The fraction of sp³-hybridized carbons (Fsp3) is 0.192. The summed E-state index contributed by atoms with van der Waals surface area (Å²) in [6.45, 7) is 2.30. The van der Waals surface area contributed by atoms with E-state index in [0.717, 1.165) is 27.7 Å². The van der Waals surface area contributed by atoms with E-state index in [9.17, 15) is 4.79 Å². The molecular weight excluding hydrogens is 494 g/mol. The van der Waals surface area contributed by atoms with E-state index in [2.05, 4.69) is 26.8 Å². The highest BCUT2D eigenvalue weighted by atomic mass is 35.5. The van der Waals surface area contributed by atoms with Gasteiger partial charge in [-0.15, -0.1) is 5.10 Å². The molecule has 3 aromatic heterocycles. The molecule has 5 rings (SSSR count). The predicted molar refractivity (Wildman–Crippen MR) is 141 cm³/mol. The average Bonchev–Trinajstić information content (AvgIpc) is 3.30. The molecule has 188 valence electrons. The van der Waals surface area contributed by atoms with Crippen molar-refractivity contribution in [2.75, 3.05) is 18.7 Å². The van der Waals surface area contributed by atoms with Crippen LogP contribution in [0.15, 0.2) is 66.9 Å². The first-order valence-electron chi connectivity index (χ1n) is 11.6. The number of nitrogens with one attached hydrogen (secondary N) is 1. The molecule has 0 spiro atoms. The Hall–Kier alpha value is -4.12. The van der Waals surface area contributed by atoms with Crippen LogP contribution in [0.2, 0.25) is 5.02 Å². The van der Waals surface area contributed by atoms with Gasteiger partial charge in [0.2, 0.25) is 0 Å². The third-order valence-electron chi connectivity index (χ3n) is 5.61. The molecule has 0 aliphatic rings. The van der Waals surface area contributed by atoms with E-state index in [1.165, 1.54) is 0 Å². The molecule has 3 N–H and O–H groups in total. The number of nitrogens with two attached hydrogens (primary N) is 1. The first kappa shape index (κ1) is 24.6. The van der Waals surface area contributed by atoms with Crippen LogP contribution in [0.3, 0.4) is 0 Å². The molecule has 0 saturated heterocycles. The Morgan fingerprint density at radius 3 is 2.81 bits per heavy atom. The van der Waals surface area contributed by atoms with Crippen molar-refractivity contribution in [3.05, 3.63) is 77.4 Å². The van der Waals surface area contributed by atoms with Crippen molar-refractivity contribution in [2.45, 2.75) is 19.5 Å². The van der Waals surface area contributed by atoms with Gasteiger partial charge in [-0.2, -0.15) is 0 Å². The minimum Gasteiger partial charge on any atom is -0.462 e. The number of aromatic nitrogens is 5. The first-order valence-corrected chi connectivity index (χ1v) is 12.0. The third kappa shape index (κ3) is 5.67. The number of hydrogen-bond donors (Lipinski definition) is 2. The van der Waals surface area contributed by atoms with Crippen LogP contribution in [0.4, 0.5) is 5.69 Å². The minimum absolute atomic E-state index is 0.0742. The molecular formula is C26H24ClN7O3. The summed E-state index contributed by atoms with van der Waals surface area (Å²) in [7, 11) is 0. The van der Waals surface area contributed by atoms with Crippen LogP contribution < -0.4 is 11.2 Å². The molecule has 0 bridgehead atoms. The topological polar surface area (TPSA) is 130 Å². The summed E-state index contributed by atoms with van der Waals surface area (Å²) in [5.41, 5.74) is 13.7. The molecule has 0 aliphatic carbocycles. The lowest BCUT2D eigenvalue weighted by Crippen LogP contribution is -2.29. The number of halogens is 1. The van der Waals surface area contributed by atoms with E-state index in [1.807, 2.05) is 42.5 Å². The van der Waals surface area contributed by atoms with E-state index >= 15 is 0 Å². The second-order valence-electron chi connectivity index (χ2n) is 8.42. The monoisotopic (exact) mass is 517 g/mol. The van der Waals surface area contributed by atoms with Crippen LogP contribution in [0, 0.1) is 0 Å². The van der Waals surface area contributed by atoms with E-state index in [1.54, 1.807) is 29.9 Å². The van der Waals surface area contributed by atoms with Gasteiger partial charge in [-0.1, -0.05) is 35.0 Å². The first-order chi connectivity index (χ1) is 18.0. The van der Waals surface area contributed by atoms with Crippen LogP contribution in [0.25, 0.3) is 33.3 Å². The summed E-state index contributed by atoms with van der Waals surface area (Å²) < 4.78 is 6.74. The standard InChI is InChI=1S/C26H24ClN7O3/c1-16(28)26(35)36-11-12-37-32-23-7-5-19(14-20(23)27)22-8-9-24-25(30-22)34(33-31-24)15-17-4-6-21-18(13-17)3-2-10-29-21/h2-10,13-14,16,32H,11-12,15,28H2,1H3/t16-/m0/s1. The Labute approximate surface area is 217 Å². The molecule has 1 atom stereocenters. The Balaban J connectivity index is 1.29. The molecule has 0 amide bonds. The number of pyridine rings is 2. The molecule has 3 heterocycles. The lowest BCUT2D eigenvalue weighted by Gasteiger charge is -2.11. The number of nitrogens with zero attached hydrogens (tertiary/aromatic N) is 5. The second-order valence-corrected chi connectivity index (χ2v) is 8.83. The smallest absolute Gasteiger partial charge is 0.322 e. The zero-order valence-electron chi connectivity index (χ0n) is 20.0. The molecule has 0 fully saturated rings. The Kier molecular flexibility index (Phi) is 7.22. The van der Waals surface area contributed by atoms with Crippen LogP contribution in [-0.4, -0.2) is 50.2 Å². The van der Waals surface area contributed by atoms with Gasteiger partial charge in [0.25, 0.3) is 0 Å². The van der Waals surface area contributed by atoms with Gasteiger partial charge >= 0.3 is 5.97 Å². The highest BCUT2D eigenvalue weighted by molar-refractivity contribution is 6.33. The van der Waals surface area contributed by atoms with Crippen molar-refractivity contribution in [2.24, 2.45) is 5.73 Å².